The van der Waals surface area contributed by atoms with Gasteiger partial charge in [-0.05, 0) is 18.6 Å². The lowest BCUT2D eigenvalue weighted by Crippen LogP contribution is -2.29. The summed E-state index contributed by atoms with van der Waals surface area (Å²) < 4.78 is 5.13. The third-order valence-corrected chi connectivity index (χ3v) is 3.29. The van der Waals surface area contributed by atoms with E-state index in [0.717, 1.165) is 25.1 Å². The van der Waals surface area contributed by atoms with Crippen molar-refractivity contribution < 1.29 is 9.53 Å². The van der Waals surface area contributed by atoms with Crippen molar-refractivity contribution in [2.75, 3.05) is 33.4 Å². The van der Waals surface area contributed by atoms with Crippen LogP contribution in [0.4, 0.5) is 0 Å². The van der Waals surface area contributed by atoms with E-state index in [-0.39, 0.29) is 5.91 Å². The summed E-state index contributed by atoms with van der Waals surface area (Å²) in [4.78, 5) is 18.3. The summed E-state index contributed by atoms with van der Waals surface area (Å²) in [5.41, 5.74) is 6.54. The van der Waals surface area contributed by atoms with E-state index < -0.39 is 0 Å². The third-order valence-electron chi connectivity index (χ3n) is 3.29. The van der Waals surface area contributed by atoms with E-state index in [4.69, 9.17) is 10.5 Å². The Morgan fingerprint density at radius 3 is 3.10 bits per heavy atom. The fourth-order valence-electron chi connectivity index (χ4n) is 2.30. The van der Waals surface area contributed by atoms with Crippen molar-refractivity contribution in [3.8, 4) is 11.8 Å². The minimum absolute atomic E-state index is 0.0260. The van der Waals surface area contributed by atoms with Gasteiger partial charge in [0.25, 0.3) is 5.91 Å². The monoisotopic (exact) mass is 273 g/mol. The highest BCUT2D eigenvalue weighted by Gasteiger charge is 2.27. The molecule has 1 aliphatic rings. The van der Waals surface area contributed by atoms with Gasteiger partial charge >= 0.3 is 0 Å². The minimum atomic E-state index is -0.0260. The second-order valence-corrected chi connectivity index (χ2v) is 4.80. The molecule has 5 nitrogen and oxygen atoms in total. The van der Waals surface area contributed by atoms with Crippen LogP contribution in [0.5, 0.6) is 0 Å². The molecule has 0 spiro atoms. The summed E-state index contributed by atoms with van der Waals surface area (Å²) in [6.07, 6.45) is 2.60. The van der Waals surface area contributed by atoms with Gasteiger partial charge in [0.2, 0.25) is 0 Å². The number of amides is 1. The SMILES string of the molecule is COCC1CCN(C(=O)c2ccc(C#CCN)cn2)C1. The average Bonchev–Trinajstić information content (AvgIpc) is 2.94. The van der Waals surface area contributed by atoms with Gasteiger partial charge in [-0.1, -0.05) is 11.8 Å². The van der Waals surface area contributed by atoms with E-state index in [1.165, 1.54) is 0 Å². The Balaban J connectivity index is 1.99. The molecule has 1 aromatic rings. The summed E-state index contributed by atoms with van der Waals surface area (Å²) in [6.45, 7) is 2.52. The smallest absolute Gasteiger partial charge is 0.272 e. The topological polar surface area (TPSA) is 68.5 Å². The number of nitrogens with zero attached hydrogens (tertiary/aromatic N) is 2. The van der Waals surface area contributed by atoms with Crippen LogP contribution < -0.4 is 5.73 Å². The Labute approximate surface area is 119 Å². The van der Waals surface area contributed by atoms with Crippen LogP contribution in [-0.4, -0.2) is 49.1 Å². The molecule has 1 atom stereocenters. The molecule has 2 N–H and O–H groups in total. The predicted octanol–water partition coefficient (Wildman–Crippen LogP) is 0.500. The lowest BCUT2D eigenvalue weighted by molar-refractivity contribution is 0.0770. The second kappa shape index (κ2) is 7.04. The molecule has 1 fully saturated rings. The van der Waals surface area contributed by atoms with Crippen molar-refractivity contribution in [3.63, 3.8) is 0 Å². The molecule has 2 rings (SSSR count). The number of hydrogen-bond acceptors (Lipinski definition) is 4. The number of methoxy groups -OCH3 is 1. The van der Waals surface area contributed by atoms with Crippen molar-refractivity contribution in [1.29, 1.82) is 0 Å². The first-order chi connectivity index (χ1) is 9.74. The van der Waals surface area contributed by atoms with Gasteiger partial charge in [-0.2, -0.15) is 0 Å². The number of likely N-dealkylation sites (tertiary alicyclic amines) is 1. The van der Waals surface area contributed by atoms with E-state index in [2.05, 4.69) is 16.8 Å². The molecule has 0 aliphatic carbocycles. The molecular formula is C15H19N3O2. The number of aromatic nitrogens is 1. The highest BCUT2D eigenvalue weighted by atomic mass is 16.5. The van der Waals surface area contributed by atoms with Crippen LogP contribution in [-0.2, 0) is 4.74 Å². The van der Waals surface area contributed by atoms with E-state index >= 15 is 0 Å². The molecule has 5 heteroatoms. The van der Waals surface area contributed by atoms with Crippen LogP contribution in [0.25, 0.3) is 0 Å². The van der Waals surface area contributed by atoms with Gasteiger partial charge in [-0.3, -0.25) is 4.79 Å². The summed E-state index contributed by atoms with van der Waals surface area (Å²) in [5.74, 6) is 6.04. The van der Waals surface area contributed by atoms with Gasteiger partial charge < -0.3 is 15.4 Å². The normalized spacial score (nSPS) is 17.7. The molecule has 1 unspecified atom stereocenters. The first-order valence-corrected chi connectivity index (χ1v) is 6.67. The maximum Gasteiger partial charge on any atom is 0.272 e. The summed E-state index contributed by atoms with van der Waals surface area (Å²) in [7, 11) is 1.69. The number of hydrogen-bond donors (Lipinski definition) is 1. The largest absolute Gasteiger partial charge is 0.384 e. The molecule has 1 amide bonds. The van der Waals surface area contributed by atoms with Gasteiger partial charge in [0.15, 0.2) is 0 Å². The molecule has 0 aromatic carbocycles. The van der Waals surface area contributed by atoms with Gasteiger partial charge in [0.1, 0.15) is 5.69 Å². The van der Waals surface area contributed by atoms with Gasteiger partial charge in [-0.25, -0.2) is 4.98 Å². The summed E-state index contributed by atoms with van der Waals surface area (Å²) >= 11 is 0. The quantitative estimate of drug-likeness (QED) is 0.814. The molecule has 0 saturated carbocycles. The maximum atomic E-state index is 12.3. The second-order valence-electron chi connectivity index (χ2n) is 4.80. The fourth-order valence-corrected chi connectivity index (χ4v) is 2.30. The number of ether oxygens (including phenoxy) is 1. The van der Waals surface area contributed by atoms with Crippen LogP contribution in [0.3, 0.4) is 0 Å². The number of pyridine rings is 1. The zero-order valence-corrected chi connectivity index (χ0v) is 11.6. The van der Waals surface area contributed by atoms with E-state index in [1.807, 2.05) is 4.90 Å². The number of rotatable bonds is 3. The van der Waals surface area contributed by atoms with Crippen molar-refractivity contribution in [2.24, 2.45) is 11.7 Å². The molecule has 0 radical (unpaired) electrons. The predicted molar refractivity (Wildman–Crippen MR) is 76.1 cm³/mol. The number of carbonyl (C=O) groups is 1. The van der Waals surface area contributed by atoms with Crippen molar-refractivity contribution in [3.05, 3.63) is 29.6 Å². The van der Waals surface area contributed by atoms with Gasteiger partial charge in [0.05, 0.1) is 13.2 Å². The van der Waals surface area contributed by atoms with Crippen LogP contribution in [0.15, 0.2) is 18.3 Å². The lowest BCUT2D eigenvalue weighted by Gasteiger charge is -2.15. The van der Waals surface area contributed by atoms with Crippen molar-refractivity contribution >= 4 is 5.91 Å². The molecular weight excluding hydrogens is 254 g/mol. The molecule has 1 aromatic heterocycles. The zero-order chi connectivity index (χ0) is 14.4. The Morgan fingerprint density at radius 1 is 1.60 bits per heavy atom. The highest BCUT2D eigenvalue weighted by molar-refractivity contribution is 5.92. The summed E-state index contributed by atoms with van der Waals surface area (Å²) in [5, 5.41) is 0. The lowest BCUT2D eigenvalue weighted by atomic mass is 10.1. The van der Waals surface area contributed by atoms with Crippen molar-refractivity contribution in [1.82, 2.24) is 9.88 Å². The Hall–Kier alpha value is -1.90. The van der Waals surface area contributed by atoms with Gasteiger partial charge in [0, 0.05) is 37.9 Å². The van der Waals surface area contributed by atoms with Crippen LogP contribution >= 0.6 is 0 Å². The Kier molecular flexibility index (Phi) is 5.10. The zero-order valence-electron chi connectivity index (χ0n) is 11.6. The van der Waals surface area contributed by atoms with E-state index in [0.29, 0.717) is 24.8 Å². The Morgan fingerprint density at radius 2 is 2.45 bits per heavy atom. The molecule has 1 aliphatic heterocycles. The van der Waals surface area contributed by atoms with Gasteiger partial charge in [-0.15, -0.1) is 0 Å². The van der Waals surface area contributed by atoms with Crippen LogP contribution in [0, 0.1) is 17.8 Å². The number of carbonyl (C=O) groups excluding carboxylic acids is 1. The number of nitrogens with two attached hydrogens (primary N) is 1. The molecule has 1 saturated heterocycles. The van der Waals surface area contributed by atoms with E-state index in [9.17, 15) is 4.79 Å². The highest BCUT2D eigenvalue weighted by Crippen LogP contribution is 2.18. The molecule has 106 valence electrons. The van der Waals surface area contributed by atoms with Crippen LogP contribution in [0.1, 0.15) is 22.5 Å². The standard InChI is InChI=1S/C15H19N3O2/c1-20-11-13-6-8-18(10-13)15(19)14-5-4-12(9-17-14)3-2-7-16/h4-5,9,13H,6-8,10-11,16H2,1H3. The average molecular weight is 273 g/mol. The first kappa shape index (κ1) is 14.5. The van der Waals surface area contributed by atoms with Crippen molar-refractivity contribution in [2.45, 2.75) is 6.42 Å². The third kappa shape index (κ3) is 3.56. The molecule has 2 heterocycles. The summed E-state index contributed by atoms with van der Waals surface area (Å²) in [6, 6.07) is 3.51. The minimum Gasteiger partial charge on any atom is -0.384 e. The molecule has 20 heavy (non-hydrogen) atoms. The fraction of sp³-hybridized carbons (Fsp3) is 0.467. The van der Waals surface area contributed by atoms with Crippen LogP contribution in [0.2, 0.25) is 0 Å². The maximum absolute atomic E-state index is 12.3. The molecule has 0 bridgehead atoms. The first-order valence-electron chi connectivity index (χ1n) is 6.67. The van der Waals surface area contributed by atoms with E-state index in [1.54, 1.807) is 25.4 Å². The Bertz CT molecular complexity index is 516.